The molecule has 1 fully saturated rings. The Balaban J connectivity index is 1.54. The second kappa shape index (κ2) is 13.8. The molecule has 45 heavy (non-hydrogen) atoms. The fourth-order valence-electron chi connectivity index (χ4n) is 4.82. The number of carbonyl (C=O) groups is 4. The van der Waals surface area contributed by atoms with Crippen LogP contribution in [0.2, 0.25) is 0 Å². The van der Waals surface area contributed by atoms with Crippen LogP contribution < -0.4 is 11.2 Å². The molecule has 12 heteroatoms. The van der Waals surface area contributed by atoms with Gasteiger partial charge >= 0.3 is 23.6 Å². The predicted octanol–water partition coefficient (Wildman–Crippen LogP) is 2.87. The first-order valence-electron chi connectivity index (χ1n) is 13.9. The van der Waals surface area contributed by atoms with Crippen LogP contribution in [0.15, 0.2) is 107 Å². The molecule has 0 spiro atoms. The molecular weight excluding hydrogens is 584 g/mol. The maximum absolute atomic E-state index is 13.3. The van der Waals surface area contributed by atoms with E-state index < -0.39 is 60.3 Å². The molecule has 1 N–H and O–H groups in total. The molecule has 1 aliphatic rings. The lowest BCUT2D eigenvalue weighted by atomic mass is 10.1. The van der Waals surface area contributed by atoms with Gasteiger partial charge in [-0.2, -0.15) is 0 Å². The Labute approximate surface area is 256 Å². The van der Waals surface area contributed by atoms with Gasteiger partial charge in [0.2, 0.25) is 0 Å². The first-order valence-corrected chi connectivity index (χ1v) is 13.9. The lowest BCUT2D eigenvalue weighted by Crippen LogP contribution is -2.46. The minimum atomic E-state index is -1.62. The van der Waals surface area contributed by atoms with Crippen molar-refractivity contribution in [2.24, 2.45) is 0 Å². The number of ether oxygens (including phenoxy) is 4. The Morgan fingerprint density at radius 2 is 1.22 bits per heavy atom. The van der Waals surface area contributed by atoms with Gasteiger partial charge in [0.1, 0.15) is 18.5 Å². The zero-order chi connectivity index (χ0) is 31.9. The van der Waals surface area contributed by atoms with Crippen molar-refractivity contribution in [3.05, 3.63) is 140 Å². The van der Waals surface area contributed by atoms with E-state index in [0.29, 0.717) is 4.57 Å². The third kappa shape index (κ3) is 7.31. The molecule has 0 saturated carbocycles. The molecule has 0 radical (unpaired) electrons. The predicted molar refractivity (Wildman–Crippen MR) is 158 cm³/mol. The molecule has 0 unspecified atom stereocenters. The summed E-state index contributed by atoms with van der Waals surface area (Å²) in [6.07, 6.45) is -6.09. The van der Waals surface area contributed by atoms with Gasteiger partial charge < -0.3 is 23.9 Å². The number of hydrogen-bond acceptors (Lipinski definition) is 10. The molecule has 4 aromatic rings. The molecule has 4 atom stereocenters. The molecule has 5 rings (SSSR count). The maximum atomic E-state index is 13.3. The fraction of sp³-hybridized carbons (Fsp3) is 0.212. The van der Waals surface area contributed by atoms with E-state index in [2.05, 4.69) is 4.98 Å². The SMILES string of the molecule is CC(=O)Cc1cc(=O)n([C@@H]2O[C@@H](COC(=O)c3ccccc3)[C@@H](OC(=O)c3ccccc3)[C@H]2OC(=O)c2ccccc2)c(=O)[nH]1. The molecule has 1 aliphatic heterocycles. The highest BCUT2D eigenvalue weighted by Gasteiger charge is 2.52. The van der Waals surface area contributed by atoms with Crippen molar-refractivity contribution in [1.29, 1.82) is 0 Å². The average Bonchev–Trinajstić information content (AvgIpc) is 3.35. The van der Waals surface area contributed by atoms with Gasteiger partial charge in [-0.3, -0.25) is 9.59 Å². The van der Waals surface area contributed by atoms with E-state index in [1.54, 1.807) is 66.7 Å². The summed E-state index contributed by atoms with van der Waals surface area (Å²) < 4.78 is 23.8. The van der Waals surface area contributed by atoms with Crippen molar-refractivity contribution in [1.82, 2.24) is 9.55 Å². The van der Waals surface area contributed by atoms with Crippen LogP contribution in [-0.2, 0) is 30.2 Å². The molecule has 2 heterocycles. The van der Waals surface area contributed by atoms with Crippen molar-refractivity contribution in [3.8, 4) is 0 Å². The Morgan fingerprint density at radius 3 is 1.71 bits per heavy atom. The highest BCUT2D eigenvalue weighted by molar-refractivity contribution is 5.91. The molecule has 1 aromatic heterocycles. The van der Waals surface area contributed by atoms with E-state index in [4.69, 9.17) is 18.9 Å². The summed E-state index contributed by atoms with van der Waals surface area (Å²) in [5.74, 6) is -2.67. The minimum Gasteiger partial charge on any atom is -0.459 e. The molecular formula is C33H28N2O10. The first-order chi connectivity index (χ1) is 21.7. The normalized spacial score (nSPS) is 19.0. The van der Waals surface area contributed by atoms with E-state index in [0.717, 1.165) is 6.07 Å². The lowest BCUT2D eigenvalue weighted by molar-refractivity contribution is -0.116. The number of Topliss-reactive ketones (excluding diaryl/α,β-unsaturated/α-hetero) is 1. The van der Waals surface area contributed by atoms with Crippen LogP contribution in [0.1, 0.15) is 49.9 Å². The smallest absolute Gasteiger partial charge is 0.338 e. The van der Waals surface area contributed by atoms with Crippen LogP contribution in [0.3, 0.4) is 0 Å². The number of aromatic nitrogens is 2. The summed E-state index contributed by atoms with van der Waals surface area (Å²) in [5, 5.41) is 0. The quantitative estimate of drug-likeness (QED) is 0.208. The summed E-state index contributed by atoms with van der Waals surface area (Å²) in [7, 11) is 0. The third-order valence-electron chi connectivity index (χ3n) is 6.89. The van der Waals surface area contributed by atoms with Crippen molar-refractivity contribution in [2.75, 3.05) is 6.61 Å². The van der Waals surface area contributed by atoms with Gasteiger partial charge in [0.25, 0.3) is 5.56 Å². The van der Waals surface area contributed by atoms with Crippen molar-refractivity contribution in [3.63, 3.8) is 0 Å². The largest absolute Gasteiger partial charge is 0.459 e. The number of aromatic amines is 1. The van der Waals surface area contributed by atoms with Gasteiger partial charge in [0, 0.05) is 18.2 Å². The van der Waals surface area contributed by atoms with E-state index in [1.165, 1.54) is 31.2 Å². The number of nitrogens with one attached hydrogen (secondary N) is 1. The molecule has 230 valence electrons. The molecule has 3 aromatic carbocycles. The number of H-pyrrole nitrogens is 1. The Bertz CT molecular complexity index is 1770. The number of carbonyl (C=O) groups excluding carboxylic acids is 4. The number of esters is 3. The van der Waals surface area contributed by atoms with Gasteiger partial charge in [-0.15, -0.1) is 0 Å². The average molecular weight is 613 g/mol. The monoisotopic (exact) mass is 612 g/mol. The summed E-state index contributed by atoms with van der Waals surface area (Å²) in [6.45, 7) is 0.807. The molecule has 0 aliphatic carbocycles. The summed E-state index contributed by atoms with van der Waals surface area (Å²) >= 11 is 0. The highest BCUT2D eigenvalue weighted by Crippen LogP contribution is 2.34. The number of rotatable bonds is 10. The Kier molecular flexibility index (Phi) is 9.44. The molecule has 12 nitrogen and oxygen atoms in total. The van der Waals surface area contributed by atoms with Gasteiger partial charge in [-0.05, 0) is 43.3 Å². The summed E-state index contributed by atoms with van der Waals surface area (Å²) in [4.78, 5) is 79.8. The van der Waals surface area contributed by atoms with Crippen LogP contribution in [0.4, 0.5) is 0 Å². The number of hydrogen-bond donors (Lipinski definition) is 1. The van der Waals surface area contributed by atoms with Crippen molar-refractivity contribution >= 4 is 23.7 Å². The van der Waals surface area contributed by atoms with Gasteiger partial charge in [-0.25, -0.2) is 23.7 Å². The van der Waals surface area contributed by atoms with Crippen molar-refractivity contribution < 1.29 is 38.1 Å². The zero-order valence-corrected chi connectivity index (χ0v) is 24.0. The highest BCUT2D eigenvalue weighted by atomic mass is 16.7. The van der Waals surface area contributed by atoms with Gasteiger partial charge in [0.15, 0.2) is 18.4 Å². The second-order valence-corrected chi connectivity index (χ2v) is 10.2. The van der Waals surface area contributed by atoms with Crippen LogP contribution in [0.25, 0.3) is 0 Å². The summed E-state index contributed by atoms with van der Waals surface area (Å²) in [6, 6.07) is 25.0. The van der Waals surface area contributed by atoms with Crippen LogP contribution in [-0.4, -0.2) is 58.2 Å². The zero-order valence-electron chi connectivity index (χ0n) is 24.0. The first kappa shape index (κ1) is 30.8. The van der Waals surface area contributed by atoms with Gasteiger partial charge in [0.05, 0.1) is 16.7 Å². The molecule has 0 bridgehead atoms. The Morgan fingerprint density at radius 1 is 0.733 bits per heavy atom. The minimum absolute atomic E-state index is 0.0740. The standard InChI is InChI=1S/C33H28N2O10/c1-20(36)17-24-18-26(37)35(33(41)34-24)29-28(45-32(40)23-15-9-4-10-16-23)27(44-31(39)22-13-7-3-8-14-22)25(43-29)19-42-30(38)21-11-5-2-6-12-21/h2-16,18,25,27-29H,17,19H2,1H3,(H,34,41)/t25-,27+,28+,29+/m0/s1. The summed E-state index contributed by atoms with van der Waals surface area (Å²) in [5.41, 5.74) is -1.20. The van der Waals surface area contributed by atoms with Crippen LogP contribution in [0, 0.1) is 0 Å². The number of nitrogens with zero attached hydrogens (tertiary/aromatic N) is 1. The Hall–Kier alpha value is -5.62. The van der Waals surface area contributed by atoms with Crippen molar-refractivity contribution in [2.45, 2.75) is 37.9 Å². The van der Waals surface area contributed by atoms with Crippen LogP contribution in [0.5, 0.6) is 0 Å². The second-order valence-electron chi connectivity index (χ2n) is 10.2. The molecule has 1 saturated heterocycles. The number of ketones is 1. The van der Waals surface area contributed by atoms with Crippen LogP contribution >= 0.6 is 0 Å². The lowest BCUT2D eigenvalue weighted by Gasteiger charge is -2.25. The third-order valence-corrected chi connectivity index (χ3v) is 6.89. The topological polar surface area (TPSA) is 160 Å². The van der Waals surface area contributed by atoms with E-state index in [-0.39, 0.29) is 34.6 Å². The fourth-order valence-corrected chi connectivity index (χ4v) is 4.82. The maximum Gasteiger partial charge on any atom is 0.338 e. The van der Waals surface area contributed by atoms with E-state index >= 15 is 0 Å². The number of benzene rings is 3. The van der Waals surface area contributed by atoms with Gasteiger partial charge in [-0.1, -0.05) is 54.6 Å². The molecule has 0 amide bonds. The van der Waals surface area contributed by atoms with E-state index in [9.17, 15) is 28.8 Å². The van der Waals surface area contributed by atoms with E-state index in [1.807, 2.05) is 0 Å².